The molecule has 4 heteroatoms. The van der Waals surface area contributed by atoms with Crippen LogP contribution in [0.2, 0.25) is 0 Å². The maximum Gasteiger partial charge on any atom is 0.406 e. The minimum Gasteiger partial charge on any atom is -0.303 e. The molecule has 1 nitrogen and oxygen atoms in total. The number of hydrogen-bond acceptors (Lipinski definition) is 1. The van der Waals surface area contributed by atoms with Crippen molar-refractivity contribution in [3.63, 3.8) is 0 Å². The summed E-state index contributed by atoms with van der Waals surface area (Å²) in [4.78, 5) is 0. The third kappa shape index (κ3) is 2.53. The van der Waals surface area contributed by atoms with Crippen molar-refractivity contribution in [1.82, 2.24) is 5.32 Å². The van der Waals surface area contributed by atoms with Gasteiger partial charge in [-0.05, 0) is 37.6 Å². The molecule has 0 aromatic carbocycles. The summed E-state index contributed by atoms with van der Waals surface area (Å²) in [5, 5.41) is 2.78. The Morgan fingerprint density at radius 1 is 1.25 bits per heavy atom. The van der Waals surface area contributed by atoms with Gasteiger partial charge in [0.2, 0.25) is 0 Å². The summed E-state index contributed by atoms with van der Waals surface area (Å²) in [6, 6.07) is 0. The van der Waals surface area contributed by atoms with Gasteiger partial charge in [-0.3, -0.25) is 0 Å². The van der Waals surface area contributed by atoms with Gasteiger partial charge in [0.25, 0.3) is 0 Å². The van der Waals surface area contributed by atoms with Crippen molar-refractivity contribution in [1.29, 1.82) is 0 Å². The van der Waals surface area contributed by atoms with E-state index in [1.54, 1.807) is 6.92 Å². The molecule has 1 fully saturated rings. The van der Waals surface area contributed by atoms with Crippen LogP contribution < -0.4 is 5.32 Å². The van der Waals surface area contributed by atoms with Crippen molar-refractivity contribution in [2.45, 2.75) is 58.2 Å². The summed E-state index contributed by atoms with van der Waals surface area (Å²) in [6.45, 7) is 5.98. The molecule has 1 rings (SSSR count). The molecule has 96 valence electrons. The normalized spacial score (nSPS) is 36.4. The number of alkyl halides is 3. The molecule has 0 aliphatic heterocycles. The molecule has 0 amide bonds. The Morgan fingerprint density at radius 2 is 1.88 bits per heavy atom. The molecule has 1 N–H and O–H groups in total. The van der Waals surface area contributed by atoms with Crippen LogP contribution in [0, 0.1) is 11.8 Å². The van der Waals surface area contributed by atoms with Crippen molar-refractivity contribution >= 4 is 0 Å². The number of nitrogens with one attached hydrogen (secondary N) is 1. The Balaban J connectivity index is 2.91. The first-order valence-electron chi connectivity index (χ1n) is 6.15. The average Bonchev–Trinajstić information content (AvgIpc) is 2.18. The van der Waals surface area contributed by atoms with Gasteiger partial charge >= 0.3 is 6.18 Å². The Hall–Kier alpha value is -0.250. The zero-order valence-corrected chi connectivity index (χ0v) is 10.3. The quantitative estimate of drug-likeness (QED) is 0.788. The highest BCUT2D eigenvalue weighted by molar-refractivity contribution is 5.02. The van der Waals surface area contributed by atoms with Crippen molar-refractivity contribution in [3.05, 3.63) is 0 Å². The van der Waals surface area contributed by atoms with E-state index >= 15 is 0 Å². The summed E-state index contributed by atoms with van der Waals surface area (Å²) >= 11 is 0. The zero-order chi connectivity index (χ0) is 12.4. The smallest absolute Gasteiger partial charge is 0.303 e. The van der Waals surface area contributed by atoms with Gasteiger partial charge in [-0.25, -0.2) is 0 Å². The first-order valence-corrected chi connectivity index (χ1v) is 6.15. The minimum absolute atomic E-state index is 0.155. The highest BCUT2D eigenvalue weighted by atomic mass is 19.4. The molecule has 0 heterocycles. The van der Waals surface area contributed by atoms with Crippen LogP contribution in [0.3, 0.4) is 0 Å². The molecule has 16 heavy (non-hydrogen) atoms. The molecule has 0 bridgehead atoms. The van der Waals surface area contributed by atoms with Crippen LogP contribution in [0.1, 0.15) is 46.5 Å². The van der Waals surface area contributed by atoms with E-state index < -0.39 is 11.7 Å². The van der Waals surface area contributed by atoms with Gasteiger partial charge in [0, 0.05) is 0 Å². The standard InChI is InChI=1S/C12H22F3N/c1-4-7-16-11(12(13,14)15)8-9(2)5-6-10(11)3/h9-10,16H,4-8H2,1-3H3. The minimum atomic E-state index is -4.14. The van der Waals surface area contributed by atoms with Crippen LogP contribution in [0.5, 0.6) is 0 Å². The summed E-state index contributed by atoms with van der Waals surface area (Å²) < 4.78 is 39.8. The Bertz CT molecular complexity index is 227. The molecule has 1 saturated carbocycles. The van der Waals surface area contributed by atoms with Crippen LogP contribution in [0.25, 0.3) is 0 Å². The third-order valence-electron chi connectivity index (χ3n) is 3.80. The molecule has 1 aliphatic carbocycles. The fourth-order valence-electron chi connectivity index (χ4n) is 2.72. The van der Waals surface area contributed by atoms with Crippen molar-refractivity contribution < 1.29 is 13.2 Å². The molecule has 0 aromatic rings. The van der Waals surface area contributed by atoms with Crippen molar-refractivity contribution in [3.8, 4) is 0 Å². The van der Waals surface area contributed by atoms with E-state index in [0.29, 0.717) is 13.0 Å². The summed E-state index contributed by atoms with van der Waals surface area (Å²) in [7, 11) is 0. The van der Waals surface area contributed by atoms with Crippen molar-refractivity contribution in [2.24, 2.45) is 11.8 Å². The molecule has 0 radical (unpaired) electrons. The lowest BCUT2D eigenvalue weighted by atomic mass is 9.69. The molecule has 1 aliphatic rings. The predicted octanol–water partition coefficient (Wildman–Crippen LogP) is 3.74. The van der Waals surface area contributed by atoms with Crippen LogP contribution in [0.15, 0.2) is 0 Å². The molecular formula is C12H22F3N. The van der Waals surface area contributed by atoms with Gasteiger partial charge in [0.1, 0.15) is 5.54 Å². The maximum atomic E-state index is 13.3. The lowest BCUT2D eigenvalue weighted by molar-refractivity contribution is -0.223. The zero-order valence-electron chi connectivity index (χ0n) is 10.3. The van der Waals surface area contributed by atoms with Gasteiger partial charge < -0.3 is 5.32 Å². The highest BCUT2D eigenvalue weighted by Crippen LogP contribution is 2.46. The largest absolute Gasteiger partial charge is 0.406 e. The van der Waals surface area contributed by atoms with Gasteiger partial charge in [-0.2, -0.15) is 13.2 Å². The lowest BCUT2D eigenvalue weighted by Gasteiger charge is -2.46. The second-order valence-electron chi connectivity index (χ2n) is 5.18. The van der Waals surface area contributed by atoms with E-state index in [4.69, 9.17) is 0 Å². The average molecular weight is 237 g/mol. The molecule has 0 aromatic heterocycles. The second-order valence-corrected chi connectivity index (χ2v) is 5.18. The molecule has 3 unspecified atom stereocenters. The van der Waals surface area contributed by atoms with Gasteiger partial charge in [0.05, 0.1) is 0 Å². The van der Waals surface area contributed by atoms with E-state index in [9.17, 15) is 13.2 Å². The van der Waals surface area contributed by atoms with Crippen LogP contribution in [0.4, 0.5) is 13.2 Å². The van der Waals surface area contributed by atoms with Gasteiger partial charge in [-0.15, -0.1) is 0 Å². The van der Waals surface area contributed by atoms with Gasteiger partial charge in [0.15, 0.2) is 0 Å². The first-order chi connectivity index (χ1) is 7.33. The number of rotatable bonds is 3. The van der Waals surface area contributed by atoms with Gasteiger partial charge in [-0.1, -0.05) is 27.2 Å². The SMILES string of the molecule is CCCNC1(C(F)(F)F)CC(C)CCC1C. The third-order valence-corrected chi connectivity index (χ3v) is 3.80. The van der Waals surface area contributed by atoms with E-state index in [1.807, 2.05) is 13.8 Å². The number of halogens is 3. The summed E-state index contributed by atoms with van der Waals surface area (Å²) in [6.07, 6.45) is -1.61. The van der Waals surface area contributed by atoms with E-state index in [1.165, 1.54) is 0 Å². The summed E-state index contributed by atoms with van der Waals surface area (Å²) in [5.41, 5.74) is -1.65. The van der Waals surface area contributed by atoms with Crippen molar-refractivity contribution in [2.75, 3.05) is 6.54 Å². The lowest BCUT2D eigenvalue weighted by Crippen LogP contribution is -2.63. The Labute approximate surface area is 95.8 Å². The molecule has 3 atom stereocenters. The fourth-order valence-corrected chi connectivity index (χ4v) is 2.72. The fraction of sp³-hybridized carbons (Fsp3) is 1.00. The van der Waals surface area contributed by atoms with E-state index in [2.05, 4.69) is 5.32 Å². The van der Waals surface area contributed by atoms with E-state index in [0.717, 1.165) is 12.8 Å². The molecule has 0 spiro atoms. The maximum absolute atomic E-state index is 13.3. The summed E-state index contributed by atoms with van der Waals surface area (Å²) in [5.74, 6) is -0.169. The van der Waals surface area contributed by atoms with E-state index in [-0.39, 0.29) is 18.3 Å². The highest BCUT2D eigenvalue weighted by Gasteiger charge is 2.58. The first kappa shape index (κ1) is 13.8. The molecular weight excluding hydrogens is 215 g/mol. The number of hydrogen-bond donors (Lipinski definition) is 1. The topological polar surface area (TPSA) is 12.0 Å². The monoisotopic (exact) mass is 237 g/mol. The Morgan fingerprint density at radius 3 is 2.38 bits per heavy atom. The van der Waals surface area contributed by atoms with Crippen LogP contribution >= 0.6 is 0 Å². The Kier molecular flexibility index (Phi) is 4.27. The van der Waals surface area contributed by atoms with Crippen LogP contribution in [-0.2, 0) is 0 Å². The van der Waals surface area contributed by atoms with Crippen LogP contribution in [-0.4, -0.2) is 18.3 Å². The predicted molar refractivity (Wildman–Crippen MR) is 59.3 cm³/mol. The second kappa shape index (κ2) is 4.94. The molecule has 0 saturated heterocycles.